The predicted molar refractivity (Wildman–Crippen MR) is 87.9 cm³/mol. The Bertz CT molecular complexity index is 400. The highest BCUT2D eigenvalue weighted by Gasteiger charge is 2.29. The molecule has 2 saturated heterocycles. The Labute approximate surface area is 133 Å². The van der Waals surface area contributed by atoms with Crippen molar-refractivity contribution in [2.24, 2.45) is 16.8 Å². The third kappa shape index (κ3) is 4.60. The molecule has 22 heavy (non-hydrogen) atoms. The van der Waals surface area contributed by atoms with E-state index in [1.807, 2.05) is 14.0 Å². The van der Waals surface area contributed by atoms with E-state index in [1.165, 1.54) is 13.0 Å². The quantitative estimate of drug-likeness (QED) is 0.473. The van der Waals surface area contributed by atoms with E-state index in [9.17, 15) is 4.79 Å². The van der Waals surface area contributed by atoms with Crippen LogP contribution in [-0.4, -0.2) is 75.2 Å². The zero-order chi connectivity index (χ0) is 15.9. The summed E-state index contributed by atoms with van der Waals surface area (Å²) in [5, 5.41) is 3.49. The van der Waals surface area contributed by atoms with Gasteiger partial charge in [-0.1, -0.05) is 0 Å². The van der Waals surface area contributed by atoms with E-state index in [4.69, 9.17) is 4.74 Å². The Hall–Kier alpha value is -1.30. The van der Waals surface area contributed by atoms with Gasteiger partial charge in [-0.25, -0.2) is 0 Å². The summed E-state index contributed by atoms with van der Waals surface area (Å²) in [4.78, 5) is 20.9. The molecule has 2 rings (SSSR count). The minimum Gasteiger partial charge on any atom is -0.466 e. The monoisotopic (exact) mass is 310 g/mol. The number of carbonyl (C=O) groups excluding carboxylic acids is 1. The Morgan fingerprint density at radius 2 is 2.14 bits per heavy atom. The van der Waals surface area contributed by atoms with E-state index in [-0.39, 0.29) is 11.9 Å². The second-order valence-corrected chi connectivity index (χ2v) is 6.38. The number of nitrogens with zero attached hydrogens (tertiary/aromatic N) is 3. The number of likely N-dealkylation sites (tertiary alicyclic amines) is 2. The summed E-state index contributed by atoms with van der Waals surface area (Å²) < 4.78 is 5.16. The molecular weight excluding hydrogens is 280 g/mol. The van der Waals surface area contributed by atoms with Gasteiger partial charge in [-0.05, 0) is 45.7 Å². The van der Waals surface area contributed by atoms with Crippen molar-refractivity contribution in [1.82, 2.24) is 15.1 Å². The lowest BCUT2D eigenvalue weighted by Crippen LogP contribution is -2.49. The number of piperidine rings is 1. The van der Waals surface area contributed by atoms with Crippen molar-refractivity contribution in [3.05, 3.63) is 0 Å². The zero-order valence-electron chi connectivity index (χ0n) is 14.2. The third-order valence-electron chi connectivity index (χ3n) is 4.59. The average molecular weight is 310 g/mol. The predicted octanol–water partition coefficient (Wildman–Crippen LogP) is 0.789. The van der Waals surface area contributed by atoms with Crippen molar-refractivity contribution < 1.29 is 9.53 Å². The van der Waals surface area contributed by atoms with Crippen LogP contribution in [0.5, 0.6) is 0 Å². The van der Waals surface area contributed by atoms with Crippen LogP contribution < -0.4 is 5.32 Å². The molecule has 2 aliphatic heterocycles. The summed E-state index contributed by atoms with van der Waals surface area (Å²) in [5.74, 6) is 1.51. The number of esters is 1. The maximum Gasteiger partial charge on any atom is 0.310 e. The summed E-state index contributed by atoms with van der Waals surface area (Å²) in [6, 6.07) is 0. The van der Waals surface area contributed by atoms with Crippen molar-refractivity contribution in [1.29, 1.82) is 0 Å². The molecule has 0 aromatic heterocycles. The van der Waals surface area contributed by atoms with E-state index in [0.29, 0.717) is 19.1 Å². The van der Waals surface area contributed by atoms with Crippen LogP contribution in [0.25, 0.3) is 0 Å². The second-order valence-electron chi connectivity index (χ2n) is 6.38. The summed E-state index contributed by atoms with van der Waals surface area (Å²) in [7, 11) is 3.99. The fourth-order valence-corrected chi connectivity index (χ4v) is 3.38. The number of rotatable bonds is 4. The lowest BCUT2D eigenvalue weighted by molar-refractivity contribution is -0.149. The van der Waals surface area contributed by atoms with Gasteiger partial charge in [0.2, 0.25) is 0 Å². The summed E-state index contributed by atoms with van der Waals surface area (Å²) in [6.45, 7) is 7.27. The highest BCUT2D eigenvalue weighted by atomic mass is 16.5. The van der Waals surface area contributed by atoms with Crippen LogP contribution in [0.2, 0.25) is 0 Å². The number of aliphatic imine (C=N–C) groups is 1. The molecule has 126 valence electrons. The maximum atomic E-state index is 11.9. The summed E-state index contributed by atoms with van der Waals surface area (Å²) in [6.07, 6.45) is 3.17. The van der Waals surface area contributed by atoms with Crippen LogP contribution in [0.4, 0.5) is 0 Å². The van der Waals surface area contributed by atoms with Gasteiger partial charge in [0, 0.05) is 33.2 Å². The highest BCUT2D eigenvalue weighted by Crippen LogP contribution is 2.18. The molecule has 2 unspecified atom stereocenters. The number of hydrogen-bond donors (Lipinski definition) is 1. The molecule has 2 atom stereocenters. The molecule has 0 saturated carbocycles. The zero-order valence-corrected chi connectivity index (χ0v) is 14.2. The molecule has 0 aromatic carbocycles. The highest BCUT2D eigenvalue weighted by molar-refractivity contribution is 5.81. The van der Waals surface area contributed by atoms with Gasteiger partial charge in [-0.15, -0.1) is 0 Å². The maximum absolute atomic E-state index is 11.9. The van der Waals surface area contributed by atoms with Gasteiger partial charge >= 0.3 is 5.97 Å². The molecule has 1 N–H and O–H groups in total. The van der Waals surface area contributed by atoms with Gasteiger partial charge < -0.3 is 19.9 Å². The standard InChI is InChI=1S/C16H30N4O2/c1-4-22-15(21)14-6-5-8-20(12-14)16(17-2)18-10-13-7-9-19(3)11-13/h13-14H,4-12H2,1-3H3,(H,17,18). The molecule has 0 spiro atoms. The van der Waals surface area contributed by atoms with E-state index in [1.54, 1.807) is 0 Å². The number of carbonyl (C=O) groups is 1. The topological polar surface area (TPSA) is 57.2 Å². The minimum absolute atomic E-state index is 0.0233. The van der Waals surface area contributed by atoms with Crippen molar-refractivity contribution in [2.45, 2.75) is 26.2 Å². The molecule has 0 bridgehead atoms. The van der Waals surface area contributed by atoms with E-state index in [0.717, 1.165) is 38.4 Å². The van der Waals surface area contributed by atoms with Crippen LogP contribution in [0.15, 0.2) is 4.99 Å². The van der Waals surface area contributed by atoms with Crippen molar-refractivity contribution in [2.75, 3.05) is 53.4 Å². The van der Waals surface area contributed by atoms with E-state index in [2.05, 4.69) is 27.2 Å². The first-order valence-electron chi connectivity index (χ1n) is 8.44. The average Bonchev–Trinajstić information content (AvgIpc) is 2.94. The molecule has 2 aliphatic rings. The smallest absolute Gasteiger partial charge is 0.310 e. The fourth-order valence-electron chi connectivity index (χ4n) is 3.38. The van der Waals surface area contributed by atoms with Crippen molar-refractivity contribution >= 4 is 11.9 Å². The van der Waals surface area contributed by atoms with Crippen molar-refractivity contribution in [3.8, 4) is 0 Å². The molecule has 0 radical (unpaired) electrons. The van der Waals surface area contributed by atoms with Gasteiger partial charge in [0.1, 0.15) is 0 Å². The Kier molecular flexibility index (Phi) is 6.49. The number of nitrogens with one attached hydrogen (secondary N) is 1. The third-order valence-corrected chi connectivity index (χ3v) is 4.59. The number of guanidine groups is 1. The van der Waals surface area contributed by atoms with Crippen LogP contribution in [0, 0.1) is 11.8 Å². The first kappa shape index (κ1) is 17.1. The van der Waals surface area contributed by atoms with Gasteiger partial charge in [0.25, 0.3) is 0 Å². The molecule has 2 fully saturated rings. The molecule has 0 aromatic rings. The van der Waals surface area contributed by atoms with Gasteiger partial charge in [0.15, 0.2) is 5.96 Å². The normalized spacial score (nSPS) is 27.0. The lowest BCUT2D eigenvalue weighted by Gasteiger charge is -2.34. The molecule has 2 heterocycles. The molecule has 6 heteroatoms. The summed E-state index contributed by atoms with van der Waals surface area (Å²) >= 11 is 0. The van der Waals surface area contributed by atoms with E-state index < -0.39 is 0 Å². The largest absolute Gasteiger partial charge is 0.466 e. The molecular formula is C16H30N4O2. The Morgan fingerprint density at radius 3 is 2.77 bits per heavy atom. The Morgan fingerprint density at radius 1 is 1.32 bits per heavy atom. The van der Waals surface area contributed by atoms with Gasteiger partial charge in [0.05, 0.1) is 12.5 Å². The van der Waals surface area contributed by atoms with Crippen molar-refractivity contribution in [3.63, 3.8) is 0 Å². The van der Waals surface area contributed by atoms with Gasteiger partial charge in [-0.2, -0.15) is 0 Å². The van der Waals surface area contributed by atoms with Crippen LogP contribution in [0.3, 0.4) is 0 Å². The number of ether oxygens (including phenoxy) is 1. The summed E-state index contributed by atoms with van der Waals surface area (Å²) in [5.41, 5.74) is 0. The second kappa shape index (κ2) is 8.36. The van der Waals surface area contributed by atoms with E-state index >= 15 is 0 Å². The first-order valence-corrected chi connectivity index (χ1v) is 8.44. The number of hydrogen-bond acceptors (Lipinski definition) is 4. The van der Waals surface area contributed by atoms with Gasteiger partial charge in [-0.3, -0.25) is 9.79 Å². The lowest BCUT2D eigenvalue weighted by atomic mass is 9.98. The van der Waals surface area contributed by atoms with Crippen LogP contribution in [-0.2, 0) is 9.53 Å². The SMILES string of the molecule is CCOC(=O)C1CCCN(C(=NC)NCC2CCN(C)C2)C1. The first-order chi connectivity index (χ1) is 10.6. The Balaban J connectivity index is 1.83. The molecule has 0 amide bonds. The van der Waals surface area contributed by atoms with Crippen LogP contribution in [0.1, 0.15) is 26.2 Å². The minimum atomic E-state index is -0.0694. The van der Waals surface area contributed by atoms with Crippen LogP contribution >= 0.6 is 0 Å². The molecule has 6 nitrogen and oxygen atoms in total. The molecule has 0 aliphatic carbocycles. The fraction of sp³-hybridized carbons (Fsp3) is 0.875.